The molecule has 0 aliphatic rings. The minimum Gasteiger partial charge on any atom is -0.286 e. The van der Waals surface area contributed by atoms with E-state index in [1.54, 1.807) is 0 Å². The summed E-state index contributed by atoms with van der Waals surface area (Å²) in [5.74, 6) is 0. The van der Waals surface area contributed by atoms with Gasteiger partial charge in [0.05, 0.1) is 12.1 Å². The van der Waals surface area contributed by atoms with Crippen molar-refractivity contribution in [1.29, 1.82) is 5.26 Å². The van der Waals surface area contributed by atoms with E-state index in [0.29, 0.717) is 6.04 Å². The SMILES string of the molecule is CCC(C)N(CC)C(C#N)CC. The molecule has 0 fully saturated rings. The standard InChI is InChI=1S/C10H20N2/c1-5-9(4)12(7-3)10(6-2)8-11/h9-10H,5-7H2,1-4H3. The van der Waals surface area contributed by atoms with Gasteiger partial charge < -0.3 is 0 Å². The van der Waals surface area contributed by atoms with Crippen LogP contribution in [0.1, 0.15) is 40.5 Å². The average Bonchev–Trinajstić information content (AvgIpc) is 2.12. The smallest absolute Gasteiger partial charge is 0.0977 e. The van der Waals surface area contributed by atoms with Gasteiger partial charge in [0.1, 0.15) is 0 Å². The van der Waals surface area contributed by atoms with Crippen molar-refractivity contribution in [1.82, 2.24) is 4.90 Å². The summed E-state index contributed by atoms with van der Waals surface area (Å²) < 4.78 is 0. The lowest BCUT2D eigenvalue weighted by Gasteiger charge is -2.30. The van der Waals surface area contributed by atoms with E-state index >= 15 is 0 Å². The Bertz CT molecular complexity index is 148. The van der Waals surface area contributed by atoms with Crippen molar-refractivity contribution in [2.24, 2.45) is 0 Å². The van der Waals surface area contributed by atoms with Gasteiger partial charge in [-0.15, -0.1) is 0 Å². The van der Waals surface area contributed by atoms with Crippen LogP contribution in [0, 0.1) is 11.3 Å². The molecule has 2 nitrogen and oxygen atoms in total. The van der Waals surface area contributed by atoms with Crippen LogP contribution >= 0.6 is 0 Å². The van der Waals surface area contributed by atoms with Gasteiger partial charge in [0.2, 0.25) is 0 Å². The highest BCUT2D eigenvalue weighted by Crippen LogP contribution is 2.10. The Morgan fingerprint density at radius 3 is 2.08 bits per heavy atom. The molecule has 0 aliphatic heterocycles. The summed E-state index contributed by atoms with van der Waals surface area (Å²) in [7, 11) is 0. The average molecular weight is 168 g/mol. The molecular formula is C10H20N2. The summed E-state index contributed by atoms with van der Waals surface area (Å²) in [4.78, 5) is 2.26. The Hall–Kier alpha value is -0.550. The molecule has 0 bridgehead atoms. The zero-order valence-electron chi connectivity index (χ0n) is 8.67. The Kier molecular flexibility index (Phi) is 5.74. The first kappa shape index (κ1) is 11.4. The Morgan fingerprint density at radius 1 is 1.25 bits per heavy atom. The first-order chi connectivity index (χ1) is 5.71. The number of nitrogens with zero attached hydrogens (tertiary/aromatic N) is 2. The summed E-state index contributed by atoms with van der Waals surface area (Å²) in [6.45, 7) is 9.51. The highest BCUT2D eigenvalue weighted by molar-refractivity contribution is 4.91. The second kappa shape index (κ2) is 6.02. The van der Waals surface area contributed by atoms with Gasteiger partial charge >= 0.3 is 0 Å². The molecule has 0 radical (unpaired) electrons. The molecule has 0 aromatic rings. The first-order valence-corrected chi connectivity index (χ1v) is 4.86. The molecule has 0 N–H and O–H groups in total. The van der Waals surface area contributed by atoms with E-state index in [-0.39, 0.29) is 6.04 Å². The summed E-state index contributed by atoms with van der Waals surface area (Å²) in [5.41, 5.74) is 0. The molecular weight excluding hydrogens is 148 g/mol. The van der Waals surface area contributed by atoms with E-state index in [9.17, 15) is 0 Å². The summed E-state index contributed by atoms with van der Waals surface area (Å²) >= 11 is 0. The predicted octanol–water partition coefficient (Wildman–Crippen LogP) is 2.41. The zero-order valence-corrected chi connectivity index (χ0v) is 8.67. The van der Waals surface area contributed by atoms with Gasteiger partial charge in [-0.25, -0.2) is 0 Å². The maximum Gasteiger partial charge on any atom is 0.0977 e. The second-order valence-corrected chi connectivity index (χ2v) is 3.14. The highest BCUT2D eigenvalue weighted by Gasteiger charge is 2.18. The number of hydrogen-bond donors (Lipinski definition) is 0. The van der Waals surface area contributed by atoms with Crippen molar-refractivity contribution in [2.45, 2.75) is 52.6 Å². The maximum absolute atomic E-state index is 8.88. The van der Waals surface area contributed by atoms with E-state index < -0.39 is 0 Å². The molecule has 0 aromatic heterocycles. The Labute approximate surface area is 76.2 Å². The molecule has 0 saturated heterocycles. The fourth-order valence-electron chi connectivity index (χ4n) is 1.47. The van der Waals surface area contributed by atoms with Gasteiger partial charge in [-0.1, -0.05) is 20.8 Å². The van der Waals surface area contributed by atoms with Crippen LogP contribution in [0.5, 0.6) is 0 Å². The lowest BCUT2D eigenvalue weighted by molar-refractivity contribution is 0.176. The van der Waals surface area contributed by atoms with Gasteiger partial charge in [-0.2, -0.15) is 5.26 Å². The Balaban J connectivity index is 4.22. The molecule has 2 heteroatoms. The van der Waals surface area contributed by atoms with Crippen LogP contribution in [0.15, 0.2) is 0 Å². The molecule has 12 heavy (non-hydrogen) atoms. The van der Waals surface area contributed by atoms with Crippen LogP contribution in [0.3, 0.4) is 0 Å². The van der Waals surface area contributed by atoms with E-state index in [1.165, 1.54) is 0 Å². The van der Waals surface area contributed by atoms with Crippen LogP contribution in [0.25, 0.3) is 0 Å². The molecule has 0 heterocycles. The number of hydrogen-bond acceptors (Lipinski definition) is 2. The van der Waals surface area contributed by atoms with E-state index in [2.05, 4.69) is 38.7 Å². The van der Waals surface area contributed by atoms with Gasteiger partial charge in [0.25, 0.3) is 0 Å². The van der Waals surface area contributed by atoms with Crippen molar-refractivity contribution in [3.63, 3.8) is 0 Å². The third-order valence-electron chi connectivity index (χ3n) is 2.46. The normalized spacial score (nSPS) is 15.7. The van der Waals surface area contributed by atoms with Crippen molar-refractivity contribution < 1.29 is 0 Å². The molecule has 2 atom stereocenters. The third kappa shape index (κ3) is 2.83. The lowest BCUT2D eigenvalue weighted by Crippen LogP contribution is -2.40. The third-order valence-corrected chi connectivity index (χ3v) is 2.46. The van der Waals surface area contributed by atoms with Gasteiger partial charge in [0.15, 0.2) is 0 Å². The largest absolute Gasteiger partial charge is 0.286 e. The van der Waals surface area contributed by atoms with E-state index in [0.717, 1.165) is 19.4 Å². The van der Waals surface area contributed by atoms with Gasteiger partial charge in [-0.05, 0) is 26.3 Å². The van der Waals surface area contributed by atoms with E-state index in [1.807, 2.05) is 0 Å². The predicted molar refractivity (Wildman–Crippen MR) is 51.8 cm³/mol. The fraction of sp³-hybridized carbons (Fsp3) is 0.900. The highest BCUT2D eigenvalue weighted by atomic mass is 15.2. The zero-order chi connectivity index (χ0) is 9.56. The summed E-state index contributed by atoms with van der Waals surface area (Å²) in [6.07, 6.45) is 2.04. The molecule has 0 saturated carbocycles. The van der Waals surface area contributed by atoms with Crippen molar-refractivity contribution in [3.05, 3.63) is 0 Å². The minimum atomic E-state index is 0.102. The fourth-order valence-corrected chi connectivity index (χ4v) is 1.47. The van der Waals surface area contributed by atoms with Gasteiger partial charge in [0, 0.05) is 6.04 Å². The molecule has 70 valence electrons. The lowest BCUT2D eigenvalue weighted by atomic mass is 10.1. The van der Waals surface area contributed by atoms with Crippen molar-refractivity contribution in [2.75, 3.05) is 6.54 Å². The number of rotatable bonds is 5. The summed E-state index contributed by atoms with van der Waals surface area (Å²) in [5, 5.41) is 8.88. The van der Waals surface area contributed by atoms with Crippen molar-refractivity contribution in [3.8, 4) is 6.07 Å². The maximum atomic E-state index is 8.88. The Morgan fingerprint density at radius 2 is 1.83 bits per heavy atom. The van der Waals surface area contributed by atoms with Crippen molar-refractivity contribution >= 4 is 0 Å². The van der Waals surface area contributed by atoms with Crippen LogP contribution in [-0.4, -0.2) is 23.5 Å². The molecule has 0 spiro atoms. The molecule has 0 aromatic carbocycles. The van der Waals surface area contributed by atoms with Gasteiger partial charge in [-0.3, -0.25) is 4.90 Å². The van der Waals surface area contributed by atoms with Crippen LogP contribution in [0.4, 0.5) is 0 Å². The molecule has 0 rings (SSSR count). The van der Waals surface area contributed by atoms with Crippen LogP contribution < -0.4 is 0 Å². The summed E-state index contributed by atoms with van der Waals surface area (Å²) in [6, 6.07) is 2.97. The second-order valence-electron chi connectivity index (χ2n) is 3.14. The molecule has 0 aliphatic carbocycles. The van der Waals surface area contributed by atoms with Crippen LogP contribution in [-0.2, 0) is 0 Å². The van der Waals surface area contributed by atoms with Crippen LogP contribution in [0.2, 0.25) is 0 Å². The number of nitriles is 1. The molecule has 0 amide bonds. The molecule has 2 unspecified atom stereocenters. The minimum absolute atomic E-state index is 0.102. The quantitative estimate of drug-likeness (QED) is 0.630. The topological polar surface area (TPSA) is 27.0 Å². The van der Waals surface area contributed by atoms with E-state index in [4.69, 9.17) is 5.26 Å². The monoisotopic (exact) mass is 168 g/mol. The first-order valence-electron chi connectivity index (χ1n) is 4.86.